The fourth-order valence-electron chi connectivity index (χ4n) is 2.93. The summed E-state index contributed by atoms with van der Waals surface area (Å²) in [5.74, 6) is -1.58. The Balaban J connectivity index is 1.50. The molecule has 1 atom stereocenters. The van der Waals surface area contributed by atoms with E-state index in [2.05, 4.69) is 10.6 Å². The van der Waals surface area contributed by atoms with Gasteiger partial charge in [0.1, 0.15) is 10.4 Å². The Hall–Kier alpha value is -2.27. The number of rotatable bonds is 7. The lowest BCUT2D eigenvalue weighted by Crippen LogP contribution is -2.53. The smallest absolute Gasteiger partial charge is 0.309 e. The molecule has 1 aliphatic rings. The third-order valence-corrected chi connectivity index (χ3v) is 7.66. The molecule has 0 bridgehead atoms. The van der Waals surface area contributed by atoms with Crippen LogP contribution in [-0.2, 0) is 30.8 Å². The lowest BCUT2D eigenvalue weighted by atomic mass is 10.1. The van der Waals surface area contributed by atoms with Gasteiger partial charge in [-0.1, -0.05) is 36.4 Å². The van der Waals surface area contributed by atoms with Crippen LogP contribution in [0, 0.1) is 0 Å². The predicted octanol–water partition coefficient (Wildman–Crippen LogP) is 0.960. The molecule has 1 saturated heterocycles. The van der Waals surface area contributed by atoms with Crippen LogP contribution in [0.25, 0.3) is 0 Å². The van der Waals surface area contributed by atoms with Gasteiger partial charge in [-0.15, -0.1) is 11.3 Å². The summed E-state index contributed by atoms with van der Waals surface area (Å²) >= 11 is 1.13. The van der Waals surface area contributed by atoms with Gasteiger partial charge in [-0.25, -0.2) is 8.42 Å². The first-order valence-electron chi connectivity index (χ1n) is 9.25. The third kappa shape index (κ3) is 5.63. The number of sulfonamides is 1. The lowest BCUT2D eigenvalue weighted by molar-refractivity contribution is -0.140. The highest BCUT2D eigenvalue weighted by Crippen LogP contribution is 2.25. The molecule has 3 rings (SSSR count). The number of carbonyl (C=O) groups is 2. The van der Waals surface area contributed by atoms with Crippen molar-refractivity contribution in [1.29, 1.82) is 0 Å². The van der Waals surface area contributed by atoms with Crippen LogP contribution in [0.4, 0.5) is 0 Å². The molecular weight excluding hydrogens is 414 g/mol. The number of benzene rings is 1. The number of nitrogens with zero attached hydrogens (tertiary/aromatic N) is 1. The lowest BCUT2D eigenvalue weighted by Gasteiger charge is -2.34. The van der Waals surface area contributed by atoms with Crippen molar-refractivity contribution in [3.8, 4) is 0 Å². The van der Waals surface area contributed by atoms with Crippen molar-refractivity contribution in [2.75, 3.05) is 26.2 Å². The summed E-state index contributed by atoms with van der Waals surface area (Å²) in [6, 6.07) is 12.8. The van der Waals surface area contributed by atoms with Gasteiger partial charge in [-0.3, -0.25) is 9.59 Å². The normalized spacial score (nSPS) is 17.6. The van der Waals surface area contributed by atoms with E-state index in [1.807, 2.05) is 30.3 Å². The summed E-state index contributed by atoms with van der Waals surface area (Å²) in [4.78, 5) is 24.0. The van der Waals surface area contributed by atoms with Crippen molar-refractivity contribution in [3.05, 3.63) is 53.4 Å². The molecule has 0 spiro atoms. The second-order valence-electron chi connectivity index (χ2n) is 6.43. The average Bonchev–Trinajstić information content (AvgIpc) is 3.29. The van der Waals surface area contributed by atoms with Crippen molar-refractivity contribution in [2.24, 2.45) is 0 Å². The summed E-state index contributed by atoms with van der Waals surface area (Å²) in [7, 11) is -3.71. The largest absolute Gasteiger partial charge is 0.360 e. The van der Waals surface area contributed by atoms with E-state index in [-0.39, 0.29) is 10.8 Å². The van der Waals surface area contributed by atoms with E-state index in [9.17, 15) is 18.0 Å². The van der Waals surface area contributed by atoms with E-state index in [1.54, 1.807) is 11.4 Å². The monoisotopic (exact) mass is 437 g/mol. The van der Waals surface area contributed by atoms with Crippen molar-refractivity contribution in [2.45, 2.75) is 23.3 Å². The van der Waals surface area contributed by atoms with E-state index in [0.29, 0.717) is 32.5 Å². The highest BCUT2D eigenvalue weighted by Gasteiger charge is 2.35. The molecule has 0 aliphatic carbocycles. The molecule has 0 unspecified atom stereocenters. The minimum atomic E-state index is -3.71. The third-order valence-electron chi connectivity index (χ3n) is 4.40. The van der Waals surface area contributed by atoms with Crippen molar-refractivity contribution < 1.29 is 22.7 Å². The zero-order valence-corrected chi connectivity index (χ0v) is 17.4. The van der Waals surface area contributed by atoms with Crippen LogP contribution < -0.4 is 10.6 Å². The van der Waals surface area contributed by atoms with Gasteiger partial charge in [0.15, 0.2) is 0 Å². The van der Waals surface area contributed by atoms with Crippen LogP contribution in [0.5, 0.6) is 0 Å². The fourth-order valence-corrected chi connectivity index (χ4v) is 5.62. The Labute approximate surface area is 173 Å². The molecule has 2 heterocycles. The molecule has 1 aromatic heterocycles. The molecule has 2 aromatic rings. The molecule has 8 nitrogen and oxygen atoms in total. The average molecular weight is 438 g/mol. The van der Waals surface area contributed by atoms with Crippen LogP contribution in [0.3, 0.4) is 0 Å². The van der Waals surface area contributed by atoms with Crippen LogP contribution >= 0.6 is 11.3 Å². The SMILES string of the molecule is O=C(NCCc1ccccc1)C(=O)NC[C@H]1OCCCN1S(=O)(=O)c1cccs1. The molecule has 10 heteroatoms. The molecule has 1 fully saturated rings. The summed E-state index contributed by atoms with van der Waals surface area (Å²) in [6.45, 7) is 0.912. The van der Waals surface area contributed by atoms with Crippen LogP contribution in [0.2, 0.25) is 0 Å². The predicted molar refractivity (Wildman–Crippen MR) is 109 cm³/mol. The number of hydrogen-bond acceptors (Lipinski definition) is 6. The molecule has 1 aliphatic heterocycles. The van der Waals surface area contributed by atoms with Crippen LogP contribution in [0.1, 0.15) is 12.0 Å². The minimum Gasteiger partial charge on any atom is -0.360 e. The summed E-state index contributed by atoms with van der Waals surface area (Å²) < 4.78 is 32.6. The molecule has 0 saturated carbocycles. The van der Waals surface area contributed by atoms with E-state index in [4.69, 9.17) is 4.74 Å². The molecular formula is C19H23N3O5S2. The molecule has 156 valence electrons. The number of thiophene rings is 1. The van der Waals surface area contributed by atoms with Crippen molar-refractivity contribution >= 4 is 33.2 Å². The van der Waals surface area contributed by atoms with E-state index in [0.717, 1.165) is 16.9 Å². The molecule has 0 radical (unpaired) electrons. The van der Waals surface area contributed by atoms with E-state index < -0.39 is 28.1 Å². The topological polar surface area (TPSA) is 105 Å². The Bertz CT molecular complexity index is 917. The standard InChI is InChI=1S/C19H23N3O5S2/c23-18(20-10-9-15-6-2-1-3-7-15)19(24)21-14-16-22(11-5-12-27-16)29(25,26)17-8-4-13-28-17/h1-4,6-8,13,16H,5,9-12,14H2,(H,20,23)(H,21,24)/t16-/m1/s1. The maximum atomic E-state index is 12.8. The molecule has 29 heavy (non-hydrogen) atoms. The first-order chi connectivity index (χ1) is 14.0. The second kappa shape index (κ2) is 9.97. The fraction of sp³-hybridized carbons (Fsp3) is 0.368. The minimum absolute atomic E-state index is 0.102. The van der Waals surface area contributed by atoms with Gasteiger partial charge < -0.3 is 15.4 Å². The number of amides is 2. The van der Waals surface area contributed by atoms with Gasteiger partial charge in [0.05, 0.1) is 13.2 Å². The summed E-state index contributed by atoms with van der Waals surface area (Å²) in [6.07, 6.45) is 0.324. The molecule has 2 N–H and O–H groups in total. The zero-order valence-electron chi connectivity index (χ0n) is 15.7. The number of ether oxygens (including phenoxy) is 1. The quantitative estimate of drug-likeness (QED) is 0.628. The Morgan fingerprint density at radius 1 is 1.10 bits per heavy atom. The molecule has 2 amide bonds. The Morgan fingerprint density at radius 2 is 1.86 bits per heavy atom. The van der Waals surface area contributed by atoms with Crippen molar-refractivity contribution in [1.82, 2.24) is 14.9 Å². The first kappa shape index (κ1) is 21.4. The Kier molecular flexibility index (Phi) is 7.37. The first-order valence-corrected chi connectivity index (χ1v) is 11.6. The maximum absolute atomic E-state index is 12.8. The van der Waals surface area contributed by atoms with Crippen molar-refractivity contribution in [3.63, 3.8) is 0 Å². The highest BCUT2D eigenvalue weighted by molar-refractivity contribution is 7.91. The van der Waals surface area contributed by atoms with Gasteiger partial charge in [-0.2, -0.15) is 4.31 Å². The second-order valence-corrected chi connectivity index (χ2v) is 9.49. The van der Waals surface area contributed by atoms with Gasteiger partial charge in [-0.05, 0) is 29.9 Å². The molecule has 1 aromatic carbocycles. The van der Waals surface area contributed by atoms with Gasteiger partial charge >= 0.3 is 11.8 Å². The highest BCUT2D eigenvalue weighted by atomic mass is 32.2. The summed E-state index contributed by atoms with van der Waals surface area (Å²) in [5, 5.41) is 6.72. The zero-order chi connectivity index (χ0) is 20.7. The van der Waals surface area contributed by atoms with E-state index in [1.165, 1.54) is 10.4 Å². The number of carbonyl (C=O) groups excluding carboxylic acids is 2. The van der Waals surface area contributed by atoms with E-state index >= 15 is 0 Å². The van der Waals surface area contributed by atoms with Gasteiger partial charge in [0.2, 0.25) is 0 Å². The maximum Gasteiger partial charge on any atom is 0.309 e. The number of nitrogens with one attached hydrogen (secondary N) is 2. The van der Waals surface area contributed by atoms with Crippen LogP contribution in [-0.4, -0.2) is 57.0 Å². The van der Waals surface area contributed by atoms with Gasteiger partial charge in [0, 0.05) is 13.1 Å². The number of hydrogen-bond donors (Lipinski definition) is 2. The van der Waals surface area contributed by atoms with Crippen LogP contribution in [0.15, 0.2) is 52.1 Å². The van der Waals surface area contributed by atoms with Gasteiger partial charge in [0.25, 0.3) is 10.0 Å². The summed E-state index contributed by atoms with van der Waals surface area (Å²) in [5.41, 5.74) is 1.05. The Morgan fingerprint density at radius 3 is 2.59 bits per heavy atom.